The van der Waals surface area contributed by atoms with Gasteiger partial charge in [-0.3, -0.25) is 4.79 Å². The van der Waals surface area contributed by atoms with Crippen LogP contribution in [0.5, 0.6) is 11.5 Å². The van der Waals surface area contributed by atoms with E-state index >= 15 is 0 Å². The Morgan fingerprint density at radius 2 is 1.91 bits per heavy atom. The number of carbonyl (C=O) groups is 1. The van der Waals surface area contributed by atoms with Crippen molar-refractivity contribution < 1.29 is 22.7 Å². The SMILES string of the molecule is COc1ccc(C(=O)N2CCS(=O)(=O)[C@@H](C)[C@H]2C)c(OC)c1. The van der Waals surface area contributed by atoms with Crippen molar-refractivity contribution in [2.24, 2.45) is 0 Å². The molecule has 0 unspecified atom stereocenters. The van der Waals surface area contributed by atoms with E-state index in [0.29, 0.717) is 17.1 Å². The Morgan fingerprint density at radius 1 is 1.23 bits per heavy atom. The summed E-state index contributed by atoms with van der Waals surface area (Å²) in [6, 6.07) is 4.59. The number of hydrogen-bond acceptors (Lipinski definition) is 5. The summed E-state index contributed by atoms with van der Waals surface area (Å²) in [4.78, 5) is 14.3. The standard InChI is InChI=1S/C15H21NO5S/c1-10-11(2)22(18,19)8-7-16(10)15(17)13-6-5-12(20-3)9-14(13)21-4/h5-6,9-11H,7-8H2,1-4H3/t10-,11+/m1/s1. The number of methoxy groups -OCH3 is 2. The molecule has 7 heteroatoms. The van der Waals surface area contributed by atoms with Crippen LogP contribution in [0.15, 0.2) is 18.2 Å². The van der Waals surface area contributed by atoms with E-state index < -0.39 is 15.1 Å². The number of benzene rings is 1. The van der Waals surface area contributed by atoms with E-state index in [1.165, 1.54) is 14.2 Å². The maximum Gasteiger partial charge on any atom is 0.257 e. The molecule has 1 fully saturated rings. The van der Waals surface area contributed by atoms with Crippen molar-refractivity contribution >= 4 is 15.7 Å². The van der Waals surface area contributed by atoms with Crippen LogP contribution in [0.4, 0.5) is 0 Å². The van der Waals surface area contributed by atoms with Crippen molar-refractivity contribution in [3.05, 3.63) is 23.8 Å². The fourth-order valence-corrected chi connectivity index (χ4v) is 4.15. The summed E-state index contributed by atoms with van der Waals surface area (Å²) in [6.45, 7) is 3.60. The quantitative estimate of drug-likeness (QED) is 0.838. The van der Waals surface area contributed by atoms with E-state index in [0.717, 1.165) is 0 Å². The van der Waals surface area contributed by atoms with Crippen molar-refractivity contribution in [1.82, 2.24) is 4.90 Å². The zero-order chi connectivity index (χ0) is 16.5. The van der Waals surface area contributed by atoms with E-state index in [-0.39, 0.29) is 24.2 Å². The molecule has 1 aromatic carbocycles. The first kappa shape index (κ1) is 16.6. The van der Waals surface area contributed by atoms with Gasteiger partial charge in [0.25, 0.3) is 5.91 Å². The van der Waals surface area contributed by atoms with Gasteiger partial charge < -0.3 is 14.4 Å². The predicted molar refractivity (Wildman–Crippen MR) is 83.3 cm³/mol. The van der Waals surface area contributed by atoms with E-state index in [4.69, 9.17) is 9.47 Å². The highest BCUT2D eigenvalue weighted by atomic mass is 32.2. The van der Waals surface area contributed by atoms with Gasteiger partial charge in [0.15, 0.2) is 9.84 Å². The van der Waals surface area contributed by atoms with Crippen LogP contribution in [0.1, 0.15) is 24.2 Å². The van der Waals surface area contributed by atoms with Crippen molar-refractivity contribution in [2.75, 3.05) is 26.5 Å². The first-order valence-corrected chi connectivity index (χ1v) is 8.78. The Morgan fingerprint density at radius 3 is 2.50 bits per heavy atom. The average molecular weight is 327 g/mol. The van der Waals surface area contributed by atoms with Crippen LogP contribution in [0, 0.1) is 0 Å². The number of ether oxygens (including phenoxy) is 2. The molecule has 0 saturated carbocycles. The highest BCUT2D eigenvalue weighted by molar-refractivity contribution is 7.92. The summed E-state index contributed by atoms with van der Waals surface area (Å²) in [5, 5.41) is -0.575. The normalized spacial score (nSPS) is 23.9. The van der Waals surface area contributed by atoms with Gasteiger partial charge in [-0.05, 0) is 26.0 Å². The third-order valence-electron chi connectivity index (χ3n) is 4.25. The number of carbonyl (C=O) groups excluding carboxylic acids is 1. The van der Waals surface area contributed by atoms with E-state index in [1.807, 2.05) is 0 Å². The molecule has 1 heterocycles. The minimum absolute atomic E-state index is 0.0112. The van der Waals surface area contributed by atoms with Gasteiger partial charge >= 0.3 is 0 Å². The lowest BCUT2D eigenvalue weighted by atomic mass is 10.1. The van der Waals surface area contributed by atoms with Crippen LogP contribution in [0.25, 0.3) is 0 Å². The van der Waals surface area contributed by atoms with Gasteiger partial charge in [0.05, 0.1) is 30.8 Å². The molecule has 2 rings (SSSR count). The van der Waals surface area contributed by atoms with Crippen LogP contribution in [0.2, 0.25) is 0 Å². The zero-order valence-electron chi connectivity index (χ0n) is 13.2. The molecule has 22 heavy (non-hydrogen) atoms. The molecule has 2 atom stereocenters. The second-order valence-corrected chi connectivity index (χ2v) is 7.86. The number of sulfone groups is 1. The highest BCUT2D eigenvalue weighted by Gasteiger charge is 2.38. The molecule has 1 aliphatic heterocycles. The number of rotatable bonds is 3. The van der Waals surface area contributed by atoms with Crippen molar-refractivity contribution in [3.8, 4) is 11.5 Å². The predicted octanol–water partition coefficient (Wildman–Crippen LogP) is 1.35. The van der Waals surface area contributed by atoms with Crippen molar-refractivity contribution in [3.63, 3.8) is 0 Å². The molecule has 0 aliphatic carbocycles. The van der Waals surface area contributed by atoms with Crippen LogP contribution < -0.4 is 9.47 Å². The Bertz CT molecular complexity index is 671. The minimum atomic E-state index is -3.13. The van der Waals surface area contributed by atoms with Crippen LogP contribution in [-0.4, -0.2) is 57.0 Å². The summed E-state index contributed by atoms with van der Waals surface area (Å²) in [7, 11) is -0.109. The van der Waals surface area contributed by atoms with Gasteiger partial charge in [0.1, 0.15) is 11.5 Å². The third-order valence-corrected chi connectivity index (χ3v) is 6.53. The molecular weight excluding hydrogens is 306 g/mol. The fourth-order valence-electron chi connectivity index (χ4n) is 2.58. The highest BCUT2D eigenvalue weighted by Crippen LogP contribution is 2.28. The second-order valence-electron chi connectivity index (χ2n) is 5.38. The summed E-state index contributed by atoms with van der Waals surface area (Å²) in [5.41, 5.74) is 0.404. The largest absolute Gasteiger partial charge is 0.497 e. The van der Waals surface area contributed by atoms with Gasteiger partial charge in [-0.1, -0.05) is 0 Å². The Kier molecular flexibility index (Phi) is 4.65. The molecule has 1 saturated heterocycles. The molecule has 0 bridgehead atoms. The number of nitrogens with zero attached hydrogens (tertiary/aromatic N) is 1. The Labute approximate surface area is 130 Å². The van der Waals surface area contributed by atoms with Gasteiger partial charge in [0, 0.05) is 18.7 Å². The van der Waals surface area contributed by atoms with Crippen LogP contribution >= 0.6 is 0 Å². The average Bonchev–Trinajstić information content (AvgIpc) is 2.51. The maximum absolute atomic E-state index is 12.8. The Balaban J connectivity index is 2.33. The molecular formula is C15H21NO5S. The summed E-state index contributed by atoms with van der Waals surface area (Å²) >= 11 is 0. The topological polar surface area (TPSA) is 72.9 Å². The molecule has 0 radical (unpaired) electrons. The lowest BCUT2D eigenvalue weighted by Crippen LogP contribution is -2.54. The van der Waals surface area contributed by atoms with Crippen LogP contribution in [0.3, 0.4) is 0 Å². The van der Waals surface area contributed by atoms with Gasteiger partial charge in [-0.15, -0.1) is 0 Å². The Hall–Kier alpha value is -1.76. The molecule has 1 aliphatic rings. The van der Waals surface area contributed by atoms with E-state index in [1.54, 1.807) is 36.9 Å². The summed E-state index contributed by atoms with van der Waals surface area (Å²) in [6.07, 6.45) is 0. The number of hydrogen-bond donors (Lipinski definition) is 0. The molecule has 1 aromatic rings. The van der Waals surface area contributed by atoms with E-state index in [9.17, 15) is 13.2 Å². The molecule has 6 nitrogen and oxygen atoms in total. The van der Waals surface area contributed by atoms with Crippen molar-refractivity contribution in [1.29, 1.82) is 0 Å². The minimum Gasteiger partial charge on any atom is -0.497 e. The van der Waals surface area contributed by atoms with Crippen LogP contribution in [-0.2, 0) is 9.84 Å². The molecule has 1 amide bonds. The smallest absolute Gasteiger partial charge is 0.257 e. The molecule has 0 aromatic heterocycles. The fraction of sp³-hybridized carbons (Fsp3) is 0.533. The molecule has 122 valence electrons. The third kappa shape index (κ3) is 2.90. The number of amides is 1. The second kappa shape index (κ2) is 6.16. The summed E-state index contributed by atoms with van der Waals surface area (Å²) in [5.74, 6) is 0.769. The first-order chi connectivity index (χ1) is 10.3. The summed E-state index contributed by atoms with van der Waals surface area (Å²) < 4.78 is 34.2. The molecule has 0 N–H and O–H groups in total. The maximum atomic E-state index is 12.8. The zero-order valence-corrected chi connectivity index (χ0v) is 14.0. The first-order valence-electron chi connectivity index (χ1n) is 7.06. The molecule has 0 spiro atoms. The van der Waals surface area contributed by atoms with E-state index in [2.05, 4.69) is 0 Å². The van der Waals surface area contributed by atoms with Gasteiger partial charge in [-0.2, -0.15) is 0 Å². The monoisotopic (exact) mass is 327 g/mol. The van der Waals surface area contributed by atoms with Gasteiger partial charge in [0.2, 0.25) is 0 Å². The lowest BCUT2D eigenvalue weighted by molar-refractivity contribution is 0.0689. The lowest BCUT2D eigenvalue weighted by Gasteiger charge is -2.37. The van der Waals surface area contributed by atoms with Crippen molar-refractivity contribution in [2.45, 2.75) is 25.1 Å². The van der Waals surface area contributed by atoms with Gasteiger partial charge in [-0.25, -0.2) is 8.42 Å².